The molecule has 1 spiro atoms. The van der Waals surface area contributed by atoms with Gasteiger partial charge in [0, 0.05) is 37.8 Å². The third kappa shape index (κ3) is 3.29. The van der Waals surface area contributed by atoms with Crippen LogP contribution in [-0.4, -0.2) is 66.5 Å². The Morgan fingerprint density at radius 2 is 2.00 bits per heavy atom. The first kappa shape index (κ1) is 18.9. The summed E-state index contributed by atoms with van der Waals surface area (Å²) in [5, 5.41) is 6.54. The number of rotatable bonds is 2. The zero-order chi connectivity index (χ0) is 19.8. The molecule has 1 aromatic heterocycles. The Kier molecular flexibility index (Phi) is 4.88. The number of carbonyl (C=O) groups is 1. The fraction of sp³-hybridized carbons (Fsp3) is 0.474. The normalized spacial score (nSPS) is 21.4. The number of nitrogens with zero attached hydrogens (tertiary/aromatic N) is 3. The molecular weight excluding hydrogens is 380 g/mol. The van der Waals surface area contributed by atoms with Gasteiger partial charge in [0.15, 0.2) is 0 Å². The molecule has 2 aliphatic heterocycles. The van der Waals surface area contributed by atoms with E-state index in [9.17, 15) is 13.2 Å². The number of fused-ring (bicyclic) bond motifs is 1. The maximum atomic E-state index is 13.1. The van der Waals surface area contributed by atoms with Crippen molar-refractivity contribution in [1.82, 2.24) is 19.4 Å². The number of H-pyrrole nitrogens is 1. The predicted molar refractivity (Wildman–Crippen MR) is 103 cm³/mol. The van der Waals surface area contributed by atoms with E-state index < -0.39 is 10.0 Å². The highest BCUT2D eigenvalue weighted by molar-refractivity contribution is 7.89. The SMILES string of the molecule is CCN1CC2(CCN(C(=O)c3ccn[nH]3)CC2)COc2ccccc2S1(=O)=O. The van der Waals surface area contributed by atoms with Crippen molar-refractivity contribution in [3.8, 4) is 5.75 Å². The molecule has 1 N–H and O–H groups in total. The molecule has 0 unspecified atom stereocenters. The van der Waals surface area contributed by atoms with E-state index in [1.807, 2.05) is 6.92 Å². The molecular formula is C19H24N4O4S. The molecule has 2 aromatic rings. The zero-order valence-corrected chi connectivity index (χ0v) is 16.6. The van der Waals surface area contributed by atoms with Crippen LogP contribution in [0.1, 0.15) is 30.3 Å². The lowest BCUT2D eigenvalue weighted by atomic mass is 9.78. The number of carbonyl (C=O) groups excluding carboxylic acids is 1. The summed E-state index contributed by atoms with van der Waals surface area (Å²) in [6.07, 6.45) is 2.92. The van der Waals surface area contributed by atoms with Crippen LogP contribution in [0.15, 0.2) is 41.4 Å². The van der Waals surface area contributed by atoms with E-state index in [2.05, 4.69) is 10.2 Å². The summed E-state index contributed by atoms with van der Waals surface area (Å²) in [7, 11) is -3.62. The van der Waals surface area contributed by atoms with Gasteiger partial charge in [0.1, 0.15) is 16.3 Å². The number of hydrogen-bond donors (Lipinski definition) is 1. The lowest BCUT2D eigenvalue weighted by molar-refractivity contribution is 0.0302. The van der Waals surface area contributed by atoms with Gasteiger partial charge in [-0.2, -0.15) is 9.40 Å². The smallest absolute Gasteiger partial charge is 0.271 e. The van der Waals surface area contributed by atoms with Gasteiger partial charge in [0.2, 0.25) is 10.0 Å². The average molecular weight is 404 g/mol. The molecule has 4 rings (SSSR count). The number of para-hydroxylation sites is 1. The Hall–Kier alpha value is -2.39. The molecule has 2 aliphatic rings. The van der Waals surface area contributed by atoms with Gasteiger partial charge < -0.3 is 9.64 Å². The Labute approximate surface area is 164 Å². The summed E-state index contributed by atoms with van der Waals surface area (Å²) >= 11 is 0. The van der Waals surface area contributed by atoms with Crippen molar-refractivity contribution in [1.29, 1.82) is 0 Å². The van der Waals surface area contributed by atoms with E-state index in [1.54, 1.807) is 45.7 Å². The molecule has 0 saturated carbocycles. The highest BCUT2D eigenvalue weighted by atomic mass is 32.2. The van der Waals surface area contributed by atoms with Crippen LogP contribution in [-0.2, 0) is 10.0 Å². The van der Waals surface area contributed by atoms with Crippen LogP contribution in [0.25, 0.3) is 0 Å². The fourth-order valence-electron chi connectivity index (χ4n) is 3.97. The quantitative estimate of drug-likeness (QED) is 0.823. The summed E-state index contributed by atoms with van der Waals surface area (Å²) in [4.78, 5) is 14.6. The second-order valence-electron chi connectivity index (χ2n) is 7.43. The molecule has 0 atom stereocenters. The Morgan fingerprint density at radius 3 is 2.68 bits per heavy atom. The van der Waals surface area contributed by atoms with Gasteiger partial charge >= 0.3 is 0 Å². The minimum absolute atomic E-state index is 0.0792. The number of ether oxygens (including phenoxy) is 1. The maximum Gasteiger partial charge on any atom is 0.271 e. The molecule has 8 nitrogen and oxygen atoms in total. The molecule has 28 heavy (non-hydrogen) atoms. The van der Waals surface area contributed by atoms with Gasteiger partial charge in [-0.1, -0.05) is 19.1 Å². The summed E-state index contributed by atoms with van der Waals surface area (Å²) in [6.45, 7) is 4.19. The topological polar surface area (TPSA) is 95.6 Å². The number of aromatic nitrogens is 2. The summed E-state index contributed by atoms with van der Waals surface area (Å²) in [5.74, 6) is 0.320. The first-order chi connectivity index (χ1) is 13.5. The van der Waals surface area contributed by atoms with E-state index in [4.69, 9.17) is 4.74 Å². The van der Waals surface area contributed by atoms with Crippen LogP contribution in [0.5, 0.6) is 5.75 Å². The average Bonchev–Trinajstić information content (AvgIpc) is 3.25. The van der Waals surface area contributed by atoms with Crippen LogP contribution in [0.4, 0.5) is 0 Å². The van der Waals surface area contributed by atoms with Gasteiger partial charge in [-0.3, -0.25) is 9.89 Å². The van der Waals surface area contributed by atoms with Gasteiger partial charge in [-0.25, -0.2) is 8.42 Å². The Balaban J connectivity index is 1.57. The summed E-state index contributed by atoms with van der Waals surface area (Å²) in [6, 6.07) is 8.46. The van der Waals surface area contributed by atoms with Crippen molar-refractivity contribution in [3.63, 3.8) is 0 Å². The molecule has 0 bridgehead atoms. The lowest BCUT2D eigenvalue weighted by Gasteiger charge is -2.44. The highest BCUT2D eigenvalue weighted by Gasteiger charge is 2.43. The number of amides is 1. The van der Waals surface area contributed by atoms with Gasteiger partial charge in [0.25, 0.3) is 5.91 Å². The van der Waals surface area contributed by atoms with Gasteiger partial charge in [-0.15, -0.1) is 0 Å². The number of hydrogen-bond acceptors (Lipinski definition) is 5. The molecule has 1 saturated heterocycles. The molecule has 1 fully saturated rings. The molecule has 0 aliphatic carbocycles. The molecule has 3 heterocycles. The minimum Gasteiger partial charge on any atom is -0.492 e. The number of nitrogens with one attached hydrogen (secondary N) is 1. The second kappa shape index (κ2) is 7.21. The Morgan fingerprint density at radius 1 is 1.25 bits per heavy atom. The molecule has 0 radical (unpaired) electrons. The third-order valence-electron chi connectivity index (χ3n) is 5.71. The third-order valence-corrected chi connectivity index (χ3v) is 7.67. The van der Waals surface area contributed by atoms with Crippen molar-refractivity contribution < 1.29 is 17.9 Å². The largest absolute Gasteiger partial charge is 0.492 e. The second-order valence-corrected chi connectivity index (χ2v) is 9.34. The zero-order valence-electron chi connectivity index (χ0n) is 15.8. The number of piperidine rings is 1. The van der Waals surface area contributed by atoms with Gasteiger partial charge in [0.05, 0.1) is 6.61 Å². The molecule has 1 aromatic carbocycles. The summed E-state index contributed by atoms with van der Waals surface area (Å²) < 4.78 is 33.8. The van der Waals surface area contributed by atoms with Crippen LogP contribution < -0.4 is 4.74 Å². The van der Waals surface area contributed by atoms with Crippen LogP contribution >= 0.6 is 0 Å². The molecule has 1 amide bonds. The Bertz CT molecular complexity index is 950. The molecule has 150 valence electrons. The monoisotopic (exact) mass is 404 g/mol. The number of aromatic amines is 1. The van der Waals surface area contributed by atoms with Gasteiger partial charge in [-0.05, 0) is 31.0 Å². The highest BCUT2D eigenvalue weighted by Crippen LogP contribution is 2.39. The van der Waals surface area contributed by atoms with E-state index in [0.717, 1.165) is 0 Å². The maximum absolute atomic E-state index is 13.1. The lowest BCUT2D eigenvalue weighted by Crippen LogP contribution is -2.52. The first-order valence-corrected chi connectivity index (χ1v) is 10.9. The fourth-order valence-corrected chi connectivity index (χ4v) is 5.66. The number of sulfonamides is 1. The predicted octanol–water partition coefficient (Wildman–Crippen LogP) is 1.74. The number of benzene rings is 1. The van der Waals surface area contributed by atoms with Crippen LogP contribution in [0.2, 0.25) is 0 Å². The first-order valence-electron chi connectivity index (χ1n) is 9.46. The van der Waals surface area contributed by atoms with E-state index >= 15 is 0 Å². The number of likely N-dealkylation sites (tertiary alicyclic amines) is 1. The van der Waals surface area contributed by atoms with E-state index in [1.165, 1.54) is 0 Å². The van der Waals surface area contributed by atoms with Crippen LogP contribution in [0.3, 0.4) is 0 Å². The van der Waals surface area contributed by atoms with Crippen molar-refractivity contribution >= 4 is 15.9 Å². The van der Waals surface area contributed by atoms with Crippen molar-refractivity contribution in [2.75, 3.05) is 32.8 Å². The molecule has 9 heteroatoms. The van der Waals surface area contributed by atoms with Crippen molar-refractivity contribution in [2.45, 2.75) is 24.7 Å². The van der Waals surface area contributed by atoms with Crippen molar-refractivity contribution in [3.05, 3.63) is 42.2 Å². The minimum atomic E-state index is -3.62. The van der Waals surface area contributed by atoms with Crippen LogP contribution in [0, 0.1) is 5.41 Å². The van der Waals surface area contributed by atoms with E-state index in [-0.39, 0.29) is 16.2 Å². The summed E-state index contributed by atoms with van der Waals surface area (Å²) in [5.41, 5.74) is 0.151. The van der Waals surface area contributed by atoms with E-state index in [0.29, 0.717) is 57.1 Å². The van der Waals surface area contributed by atoms with Crippen molar-refractivity contribution in [2.24, 2.45) is 5.41 Å². The standard InChI is InChI=1S/C19H24N4O4S/c1-2-23-13-19(14-27-16-5-3-4-6-17(16)28(23,25)26)8-11-22(12-9-19)18(24)15-7-10-20-21-15/h3-7,10H,2,8-9,11-14H2,1H3,(H,20,21).